The third kappa shape index (κ3) is 4.59. The van der Waals surface area contributed by atoms with E-state index in [4.69, 9.17) is 24.7 Å². The van der Waals surface area contributed by atoms with Crippen molar-refractivity contribution in [2.45, 2.75) is 76.1 Å². The summed E-state index contributed by atoms with van der Waals surface area (Å²) in [5.41, 5.74) is 8.07. The first-order chi connectivity index (χ1) is 14.8. The Labute approximate surface area is 184 Å². The number of carbonyl (C=O) groups is 1. The fourth-order valence-electron chi connectivity index (χ4n) is 5.06. The van der Waals surface area contributed by atoms with E-state index in [0.717, 1.165) is 18.4 Å². The van der Waals surface area contributed by atoms with Crippen LogP contribution < -0.4 is 11.1 Å². The number of nitrogens with one attached hydrogen (secondary N) is 1. The lowest BCUT2D eigenvalue weighted by atomic mass is 9.68. The normalized spacial score (nSPS) is 36.0. The maximum Gasteiger partial charge on any atom is 0.407 e. The number of nitrogen functional groups attached to an aromatic ring is 1. The lowest BCUT2D eigenvalue weighted by Crippen LogP contribution is -2.56. The number of anilines is 1. The predicted molar refractivity (Wildman–Crippen MR) is 117 cm³/mol. The Hall–Kier alpha value is -2.09. The smallest absolute Gasteiger partial charge is 0.407 e. The summed E-state index contributed by atoms with van der Waals surface area (Å²) in [5, 5.41) is 2.83. The van der Waals surface area contributed by atoms with Crippen LogP contribution >= 0.6 is 0 Å². The van der Waals surface area contributed by atoms with Gasteiger partial charge in [-0.25, -0.2) is 4.79 Å². The average Bonchev–Trinajstić information content (AvgIpc) is 3.65. The van der Waals surface area contributed by atoms with E-state index in [1.165, 1.54) is 5.57 Å². The van der Waals surface area contributed by atoms with Crippen LogP contribution in [-0.4, -0.2) is 49.3 Å². The second-order valence-electron chi connectivity index (χ2n) is 9.42. The first-order valence-corrected chi connectivity index (χ1v) is 11.0. The molecule has 1 amide bonds. The predicted octanol–water partition coefficient (Wildman–Crippen LogP) is 3.57. The van der Waals surface area contributed by atoms with Crippen LogP contribution in [0.1, 0.15) is 45.6 Å². The van der Waals surface area contributed by atoms with Gasteiger partial charge in [-0.3, -0.25) is 0 Å². The van der Waals surface area contributed by atoms with Gasteiger partial charge in [0.15, 0.2) is 0 Å². The first kappa shape index (κ1) is 22.1. The minimum atomic E-state index is -0.446. The zero-order chi connectivity index (χ0) is 22.2. The molecular formula is C24H34N2O5. The largest absolute Gasteiger partial charge is 0.443 e. The molecule has 170 valence electrons. The molecule has 4 rings (SSSR count). The minimum absolute atomic E-state index is 0.0178. The first-order valence-electron chi connectivity index (χ1n) is 11.0. The number of alkyl carbamates (subject to hydrolysis) is 1. The molecule has 1 saturated carbocycles. The van der Waals surface area contributed by atoms with Gasteiger partial charge in [0, 0.05) is 19.3 Å². The van der Waals surface area contributed by atoms with Crippen LogP contribution in [0.4, 0.5) is 10.5 Å². The monoisotopic (exact) mass is 430 g/mol. The van der Waals surface area contributed by atoms with E-state index < -0.39 is 6.09 Å². The Balaban J connectivity index is 1.40. The second kappa shape index (κ2) is 8.45. The molecule has 0 unspecified atom stereocenters. The van der Waals surface area contributed by atoms with Crippen LogP contribution in [0.25, 0.3) is 0 Å². The highest BCUT2D eigenvalue weighted by Gasteiger charge is 2.72. The van der Waals surface area contributed by atoms with Gasteiger partial charge < -0.3 is 30.0 Å². The molecule has 7 nitrogen and oxygen atoms in total. The number of hydrogen-bond donors (Lipinski definition) is 2. The molecule has 6 atom stereocenters. The SMILES string of the molecule is CO[C@@H]1[C@H](OC(=O)NCc2ccc(N)cc2)CC[C@]2(CO2)[C@H]1[C@@]1(C)O[C@@H]1CC=C(C)C. The molecule has 31 heavy (non-hydrogen) atoms. The highest BCUT2D eigenvalue weighted by atomic mass is 16.6. The third-order valence-corrected chi connectivity index (χ3v) is 6.91. The zero-order valence-corrected chi connectivity index (χ0v) is 18.9. The van der Waals surface area contributed by atoms with E-state index in [1.54, 1.807) is 7.11 Å². The molecular weight excluding hydrogens is 396 g/mol. The molecule has 1 aromatic carbocycles. The van der Waals surface area contributed by atoms with Gasteiger partial charge in [-0.15, -0.1) is 0 Å². The highest BCUT2D eigenvalue weighted by Crippen LogP contribution is 2.59. The summed E-state index contributed by atoms with van der Waals surface area (Å²) in [5.74, 6) is 0.0178. The number of nitrogens with two attached hydrogens (primary N) is 1. The summed E-state index contributed by atoms with van der Waals surface area (Å²) in [4.78, 5) is 12.5. The number of benzene rings is 1. The van der Waals surface area contributed by atoms with Crippen molar-refractivity contribution in [2.24, 2.45) is 5.92 Å². The number of allylic oxidation sites excluding steroid dienone is 1. The summed E-state index contributed by atoms with van der Waals surface area (Å²) >= 11 is 0. The number of hydrogen-bond acceptors (Lipinski definition) is 6. The van der Waals surface area contributed by atoms with Crippen molar-refractivity contribution in [2.75, 3.05) is 19.5 Å². The van der Waals surface area contributed by atoms with E-state index in [1.807, 2.05) is 24.3 Å². The van der Waals surface area contributed by atoms with Gasteiger partial charge >= 0.3 is 6.09 Å². The lowest BCUT2D eigenvalue weighted by Gasteiger charge is -2.42. The Morgan fingerprint density at radius 1 is 1.32 bits per heavy atom. The van der Waals surface area contributed by atoms with Crippen molar-refractivity contribution in [1.29, 1.82) is 0 Å². The number of ether oxygens (including phenoxy) is 4. The molecule has 2 heterocycles. The van der Waals surface area contributed by atoms with Gasteiger partial charge in [0.05, 0.1) is 18.6 Å². The Morgan fingerprint density at radius 2 is 2.03 bits per heavy atom. The van der Waals surface area contributed by atoms with Crippen LogP contribution in [0.5, 0.6) is 0 Å². The Bertz CT molecular complexity index is 831. The van der Waals surface area contributed by atoms with Gasteiger partial charge in [-0.2, -0.15) is 0 Å². The van der Waals surface area contributed by atoms with Crippen LogP contribution in [0.2, 0.25) is 0 Å². The van der Waals surface area contributed by atoms with Gasteiger partial charge in [-0.1, -0.05) is 23.8 Å². The average molecular weight is 431 g/mol. The van der Waals surface area contributed by atoms with Crippen LogP contribution in [-0.2, 0) is 25.5 Å². The maximum atomic E-state index is 12.5. The maximum absolute atomic E-state index is 12.5. The fraction of sp³-hybridized carbons (Fsp3) is 0.625. The number of rotatable bonds is 7. The molecule has 2 aliphatic heterocycles. The minimum Gasteiger partial charge on any atom is -0.443 e. The summed E-state index contributed by atoms with van der Waals surface area (Å²) < 4.78 is 23.9. The van der Waals surface area contributed by atoms with Crippen molar-refractivity contribution in [1.82, 2.24) is 5.32 Å². The van der Waals surface area contributed by atoms with Crippen molar-refractivity contribution < 1.29 is 23.7 Å². The van der Waals surface area contributed by atoms with Crippen molar-refractivity contribution in [3.05, 3.63) is 41.5 Å². The third-order valence-electron chi connectivity index (χ3n) is 6.91. The second-order valence-corrected chi connectivity index (χ2v) is 9.42. The highest BCUT2D eigenvalue weighted by molar-refractivity contribution is 5.67. The van der Waals surface area contributed by atoms with Gasteiger partial charge in [0.25, 0.3) is 0 Å². The summed E-state index contributed by atoms with van der Waals surface area (Å²) in [6, 6.07) is 7.39. The van der Waals surface area contributed by atoms with Gasteiger partial charge in [0.1, 0.15) is 23.4 Å². The molecule has 1 aliphatic carbocycles. The number of methoxy groups -OCH3 is 1. The Morgan fingerprint density at radius 3 is 2.65 bits per heavy atom. The van der Waals surface area contributed by atoms with E-state index in [0.29, 0.717) is 25.3 Å². The molecule has 3 aliphatic rings. The number of amides is 1. The number of carbonyl (C=O) groups excluding carboxylic acids is 1. The van der Waals surface area contributed by atoms with Crippen molar-refractivity contribution in [3.63, 3.8) is 0 Å². The summed E-state index contributed by atoms with van der Waals surface area (Å²) in [6.45, 7) is 7.42. The molecule has 2 saturated heterocycles. The molecule has 1 spiro atoms. The quantitative estimate of drug-likeness (QED) is 0.390. The van der Waals surface area contributed by atoms with Crippen LogP contribution in [0.15, 0.2) is 35.9 Å². The molecule has 7 heteroatoms. The molecule has 3 N–H and O–H groups in total. The number of epoxide rings is 2. The van der Waals surface area contributed by atoms with Crippen molar-refractivity contribution in [3.8, 4) is 0 Å². The standard InChI is InChI=1S/C24H34N2O5/c1-15(2)5-10-19-23(3,31-19)21-20(28-4)18(11-12-24(21)14-29-24)30-22(27)26-13-16-6-8-17(25)9-7-16/h5-9,18-21H,10-14,25H2,1-4H3,(H,26,27)/t18-,19-,20-,21-,23+,24+/m1/s1. The van der Waals surface area contributed by atoms with E-state index >= 15 is 0 Å². The van der Waals surface area contributed by atoms with Crippen molar-refractivity contribution >= 4 is 11.8 Å². The van der Waals surface area contributed by atoms with E-state index in [-0.39, 0.29) is 35.4 Å². The zero-order valence-electron chi connectivity index (χ0n) is 18.9. The van der Waals surface area contributed by atoms with Crippen LogP contribution in [0.3, 0.4) is 0 Å². The van der Waals surface area contributed by atoms with E-state index in [9.17, 15) is 4.79 Å². The summed E-state index contributed by atoms with van der Waals surface area (Å²) in [7, 11) is 1.68. The molecule has 3 fully saturated rings. The van der Waals surface area contributed by atoms with Gasteiger partial charge in [0.2, 0.25) is 0 Å². The lowest BCUT2D eigenvalue weighted by molar-refractivity contribution is -0.118. The fourth-order valence-corrected chi connectivity index (χ4v) is 5.06. The topological polar surface area (TPSA) is 98.6 Å². The summed E-state index contributed by atoms with van der Waals surface area (Å²) in [6.07, 6.45) is 3.68. The molecule has 0 radical (unpaired) electrons. The molecule has 0 bridgehead atoms. The Kier molecular flexibility index (Phi) is 6.03. The van der Waals surface area contributed by atoms with Gasteiger partial charge in [-0.05, 0) is 57.7 Å². The van der Waals surface area contributed by atoms with E-state index in [2.05, 4.69) is 32.2 Å². The van der Waals surface area contributed by atoms with Crippen LogP contribution in [0, 0.1) is 5.92 Å². The molecule has 0 aromatic heterocycles. The molecule has 1 aromatic rings.